The molecule has 25 heavy (non-hydrogen) atoms. The fourth-order valence-electron chi connectivity index (χ4n) is 2.95. The zero-order valence-electron chi connectivity index (χ0n) is 14.0. The molecular formula is C17H21N3O3S2. The summed E-state index contributed by atoms with van der Waals surface area (Å²) in [5.41, 5.74) is 6.49. The number of carbonyl (C=O) groups is 1. The number of piperazine rings is 1. The van der Waals surface area contributed by atoms with Crippen LogP contribution in [0.4, 0.5) is 0 Å². The van der Waals surface area contributed by atoms with E-state index in [1.807, 2.05) is 18.2 Å². The molecule has 2 heterocycles. The highest BCUT2D eigenvalue weighted by molar-refractivity contribution is 7.89. The standard InChI is InChI=1S/C17H21N3O3S2/c1-13-16(11-15(24-13)17(18)21)25(22,23)20-9-7-19(8-10-20)12-14-5-3-2-4-6-14/h2-6,11H,7-10,12H2,1H3,(H2,18,21). The predicted octanol–water partition coefficient (Wildman–Crippen LogP) is 1.66. The van der Waals surface area contributed by atoms with Crippen molar-refractivity contribution in [3.05, 3.63) is 51.7 Å². The minimum Gasteiger partial charge on any atom is -0.365 e. The van der Waals surface area contributed by atoms with E-state index in [1.165, 1.54) is 15.9 Å². The average Bonchev–Trinajstić information content (AvgIpc) is 2.99. The summed E-state index contributed by atoms with van der Waals surface area (Å²) < 4.78 is 27.2. The number of sulfonamides is 1. The molecule has 1 aliphatic heterocycles. The van der Waals surface area contributed by atoms with Crippen molar-refractivity contribution in [2.24, 2.45) is 5.73 Å². The lowest BCUT2D eigenvalue weighted by molar-refractivity contribution is 0.100. The second-order valence-electron chi connectivity index (χ2n) is 6.06. The van der Waals surface area contributed by atoms with Gasteiger partial charge in [-0.3, -0.25) is 9.69 Å². The second-order valence-corrected chi connectivity index (χ2v) is 9.22. The summed E-state index contributed by atoms with van der Waals surface area (Å²) in [6, 6.07) is 11.5. The summed E-state index contributed by atoms with van der Waals surface area (Å²) in [6.07, 6.45) is 0. The van der Waals surface area contributed by atoms with Crippen molar-refractivity contribution in [1.29, 1.82) is 0 Å². The van der Waals surface area contributed by atoms with Gasteiger partial charge in [-0.05, 0) is 18.6 Å². The van der Waals surface area contributed by atoms with Gasteiger partial charge < -0.3 is 5.73 Å². The van der Waals surface area contributed by atoms with Gasteiger partial charge in [-0.1, -0.05) is 30.3 Å². The highest BCUT2D eigenvalue weighted by Crippen LogP contribution is 2.28. The molecule has 0 unspecified atom stereocenters. The van der Waals surface area contributed by atoms with Crippen molar-refractivity contribution in [1.82, 2.24) is 9.21 Å². The number of primary amides is 1. The zero-order valence-corrected chi connectivity index (χ0v) is 15.6. The Morgan fingerprint density at radius 1 is 1.16 bits per heavy atom. The van der Waals surface area contributed by atoms with E-state index in [-0.39, 0.29) is 9.77 Å². The first-order valence-electron chi connectivity index (χ1n) is 8.04. The first-order valence-corrected chi connectivity index (χ1v) is 10.3. The molecule has 134 valence electrons. The Morgan fingerprint density at radius 3 is 2.36 bits per heavy atom. The summed E-state index contributed by atoms with van der Waals surface area (Å²) in [5, 5.41) is 0. The van der Waals surface area contributed by atoms with E-state index in [1.54, 1.807) is 6.92 Å². The van der Waals surface area contributed by atoms with Gasteiger partial charge in [0.15, 0.2) is 0 Å². The summed E-state index contributed by atoms with van der Waals surface area (Å²) in [5.74, 6) is -0.595. The Labute approximate surface area is 151 Å². The summed E-state index contributed by atoms with van der Waals surface area (Å²) >= 11 is 1.12. The third-order valence-corrected chi connectivity index (χ3v) is 7.53. The number of hydrogen-bond acceptors (Lipinski definition) is 5. The molecule has 1 fully saturated rings. The van der Waals surface area contributed by atoms with Crippen molar-refractivity contribution in [2.45, 2.75) is 18.4 Å². The van der Waals surface area contributed by atoms with E-state index in [2.05, 4.69) is 17.0 Å². The van der Waals surface area contributed by atoms with E-state index in [4.69, 9.17) is 5.73 Å². The highest BCUT2D eigenvalue weighted by Gasteiger charge is 2.31. The molecule has 0 aliphatic carbocycles. The fourth-order valence-corrected chi connectivity index (χ4v) is 5.79. The molecule has 0 spiro atoms. The first-order chi connectivity index (χ1) is 11.9. The minimum absolute atomic E-state index is 0.197. The molecule has 1 aromatic carbocycles. The lowest BCUT2D eigenvalue weighted by atomic mass is 10.2. The Morgan fingerprint density at radius 2 is 1.80 bits per heavy atom. The maximum Gasteiger partial charge on any atom is 0.258 e. The number of carbonyl (C=O) groups excluding carboxylic acids is 1. The average molecular weight is 380 g/mol. The molecule has 2 aromatic rings. The lowest BCUT2D eigenvalue weighted by Gasteiger charge is -2.34. The predicted molar refractivity (Wildman–Crippen MR) is 98.1 cm³/mol. The number of nitrogens with two attached hydrogens (primary N) is 1. The van der Waals surface area contributed by atoms with Crippen molar-refractivity contribution in [3.63, 3.8) is 0 Å². The number of aryl methyl sites for hydroxylation is 1. The number of nitrogens with zero attached hydrogens (tertiary/aromatic N) is 2. The van der Waals surface area contributed by atoms with Crippen molar-refractivity contribution in [2.75, 3.05) is 26.2 Å². The number of benzene rings is 1. The first kappa shape index (κ1) is 18.1. The van der Waals surface area contributed by atoms with Crippen molar-refractivity contribution in [3.8, 4) is 0 Å². The van der Waals surface area contributed by atoms with E-state index >= 15 is 0 Å². The normalized spacial score (nSPS) is 16.8. The fraction of sp³-hybridized carbons (Fsp3) is 0.353. The second kappa shape index (κ2) is 7.25. The van der Waals surface area contributed by atoms with Crippen LogP contribution in [-0.4, -0.2) is 49.7 Å². The van der Waals surface area contributed by atoms with Crippen LogP contribution in [0.3, 0.4) is 0 Å². The Bertz CT molecular complexity index is 855. The van der Waals surface area contributed by atoms with Crippen LogP contribution < -0.4 is 5.73 Å². The van der Waals surface area contributed by atoms with Crippen LogP contribution in [0, 0.1) is 6.92 Å². The minimum atomic E-state index is -3.59. The molecule has 8 heteroatoms. The van der Waals surface area contributed by atoms with Gasteiger partial charge in [-0.25, -0.2) is 8.42 Å². The van der Waals surface area contributed by atoms with Gasteiger partial charge in [0.2, 0.25) is 10.0 Å². The third-order valence-electron chi connectivity index (χ3n) is 4.31. The van der Waals surface area contributed by atoms with Gasteiger partial charge in [-0.2, -0.15) is 4.31 Å². The Kier molecular flexibility index (Phi) is 5.24. The van der Waals surface area contributed by atoms with Gasteiger partial charge in [0.05, 0.1) is 9.77 Å². The molecule has 1 amide bonds. The number of amides is 1. The molecule has 0 radical (unpaired) electrons. The lowest BCUT2D eigenvalue weighted by Crippen LogP contribution is -2.48. The zero-order chi connectivity index (χ0) is 18.0. The maximum absolute atomic E-state index is 12.9. The van der Waals surface area contributed by atoms with Crippen LogP contribution in [0.2, 0.25) is 0 Å². The van der Waals surface area contributed by atoms with Gasteiger partial charge in [0, 0.05) is 37.6 Å². The van der Waals surface area contributed by atoms with Crippen LogP contribution in [0.5, 0.6) is 0 Å². The molecule has 1 aliphatic rings. The largest absolute Gasteiger partial charge is 0.365 e. The number of hydrogen-bond donors (Lipinski definition) is 1. The smallest absolute Gasteiger partial charge is 0.258 e. The van der Waals surface area contributed by atoms with Crippen molar-refractivity contribution >= 4 is 27.3 Å². The van der Waals surface area contributed by atoms with E-state index in [0.29, 0.717) is 31.1 Å². The summed E-state index contributed by atoms with van der Waals surface area (Å²) in [4.78, 5) is 14.6. The molecule has 3 rings (SSSR count). The number of rotatable bonds is 5. The van der Waals surface area contributed by atoms with Gasteiger partial charge >= 0.3 is 0 Å². The topological polar surface area (TPSA) is 83.7 Å². The SMILES string of the molecule is Cc1sc(C(N)=O)cc1S(=O)(=O)N1CCN(Cc2ccccc2)CC1. The van der Waals surface area contributed by atoms with Crippen LogP contribution in [-0.2, 0) is 16.6 Å². The molecule has 0 saturated carbocycles. The van der Waals surface area contributed by atoms with E-state index < -0.39 is 15.9 Å². The van der Waals surface area contributed by atoms with Crippen LogP contribution >= 0.6 is 11.3 Å². The Hall–Kier alpha value is -1.74. The molecule has 0 atom stereocenters. The molecule has 6 nitrogen and oxygen atoms in total. The van der Waals surface area contributed by atoms with Gasteiger partial charge in [0.1, 0.15) is 0 Å². The molecular weight excluding hydrogens is 358 g/mol. The highest BCUT2D eigenvalue weighted by atomic mass is 32.2. The van der Waals surface area contributed by atoms with Crippen molar-refractivity contribution < 1.29 is 13.2 Å². The van der Waals surface area contributed by atoms with Gasteiger partial charge in [-0.15, -0.1) is 11.3 Å². The molecule has 1 saturated heterocycles. The third kappa shape index (κ3) is 3.92. The van der Waals surface area contributed by atoms with E-state index in [9.17, 15) is 13.2 Å². The van der Waals surface area contributed by atoms with Crippen LogP contribution in [0.25, 0.3) is 0 Å². The molecule has 1 aromatic heterocycles. The maximum atomic E-state index is 12.9. The van der Waals surface area contributed by atoms with Crippen LogP contribution in [0.1, 0.15) is 20.1 Å². The monoisotopic (exact) mass is 379 g/mol. The summed E-state index contributed by atoms with van der Waals surface area (Å²) in [6.45, 7) is 4.76. The summed E-state index contributed by atoms with van der Waals surface area (Å²) in [7, 11) is -3.59. The molecule has 0 bridgehead atoms. The van der Waals surface area contributed by atoms with Crippen LogP contribution in [0.15, 0.2) is 41.3 Å². The number of thiophene rings is 1. The Balaban J connectivity index is 1.68. The van der Waals surface area contributed by atoms with E-state index in [0.717, 1.165) is 17.9 Å². The van der Waals surface area contributed by atoms with Gasteiger partial charge in [0.25, 0.3) is 5.91 Å². The quantitative estimate of drug-likeness (QED) is 0.856. The molecule has 2 N–H and O–H groups in total.